The summed E-state index contributed by atoms with van der Waals surface area (Å²) in [6.07, 6.45) is 3.66. The standard InChI is InChI=1S/C14H11N3O2S/c1-19-12-11(8-7-10-5-3-2-4-6-10)16-14-17(13(12)18)15-9-20-14/h2-9H,1H3/b8-7+. The predicted molar refractivity (Wildman–Crippen MR) is 79.1 cm³/mol. The molecule has 5 nitrogen and oxygen atoms in total. The maximum Gasteiger partial charge on any atom is 0.318 e. The van der Waals surface area contributed by atoms with Crippen molar-refractivity contribution < 1.29 is 4.74 Å². The molecule has 0 radical (unpaired) electrons. The Balaban J connectivity index is 2.11. The van der Waals surface area contributed by atoms with Crippen LogP contribution < -0.4 is 10.3 Å². The predicted octanol–water partition coefficient (Wildman–Crippen LogP) is 2.33. The van der Waals surface area contributed by atoms with E-state index in [1.54, 1.807) is 11.6 Å². The van der Waals surface area contributed by atoms with Gasteiger partial charge < -0.3 is 4.74 Å². The molecule has 3 rings (SSSR count). The maximum atomic E-state index is 12.2. The van der Waals surface area contributed by atoms with E-state index in [0.29, 0.717) is 10.7 Å². The Labute approximate surface area is 118 Å². The van der Waals surface area contributed by atoms with Crippen molar-refractivity contribution >= 4 is 28.4 Å². The molecular formula is C14H11N3O2S. The van der Waals surface area contributed by atoms with Crippen LogP contribution in [0, 0.1) is 0 Å². The molecular weight excluding hydrogens is 274 g/mol. The minimum absolute atomic E-state index is 0.195. The van der Waals surface area contributed by atoms with Crippen molar-refractivity contribution in [3.63, 3.8) is 0 Å². The van der Waals surface area contributed by atoms with Gasteiger partial charge >= 0.3 is 5.56 Å². The van der Waals surface area contributed by atoms with Gasteiger partial charge in [-0.25, -0.2) is 4.98 Å². The van der Waals surface area contributed by atoms with E-state index in [1.165, 1.54) is 23.0 Å². The molecule has 0 unspecified atom stereocenters. The highest BCUT2D eigenvalue weighted by atomic mass is 32.1. The van der Waals surface area contributed by atoms with Gasteiger partial charge in [0, 0.05) is 0 Å². The summed E-state index contributed by atoms with van der Waals surface area (Å²) >= 11 is 1.31. The second-order valence-electron chi connectivity index (χ2n) is 4.01. The van der Waals surface area contributed by atoms with Crippen LogP contribution in [-0.2, 0) is 0 Å². The number of hydrogen-bond acceptors (Lipinski definition) is 5. The normalized spacial score (nSPS) is 11.2. The van der Waals surface area contributed by atoms with Crippen LogP contribution in [0.25, 0.3) is 17.1 Å². The Bertz CT molecular complexity index is 821. The highest BCUT2D eigenvalue weighted by Gasteiger charge is 2.12. The van der Waals surface area contributed by atoms with Gasteiger partial charge in [0.25, 0.3) is 0 Å². The summed E-state index contributed by atoms with van der Waals surface area (Å²) in [4.78, 5) is 17.1. The first kappa shape index (κ1) is 12.6. The van der Waals surface area contributed by atoms with E-state index in [9.17, 15) is 4.79 Å². The summed E-state index contributed by atoms with van der Waals surface area (Å²) in [5, 5.41) is 3.94. The van der Waals surface area contributed by atoms with Gasteiger partial charge in [-0.3, -0.25) is 4.79 Å². The van der Waals surface area contributed by atoms with Crippen molar-refractivity contribution in [1.29, 1.82) is 0 Å². The zero-order valence-electron chi connectivity index (χ0n) is 10.7. The third-order valence-electron chi connectivity index (χ3n) is 2.77. The van der Waals surface area contributed by atoms with Gasteiger partial charge in [-0.2, -0.15) is 9.61 Å². The number of hydrogen-bond donors (Lipinski definition) is 0. The highest BCUT2D eigenvalue weighted by Crippen LogP contribution is 2.16. The molecule has 6 heteroatoms. The van der Waals surface area contributed by atoms with Crippen LogP contribution in [0.4, 0.5) is 0 Å². The molecule has 2 heterocycles. The van der Waals surface area contributed by atoms with Gasteiger partial charge in [0.1, 0.15) is 11.2 Å². The summed E-state index contributed by atoms with van der Waals surface area (Å²) in [5.41, 5.74) is 2.81. The number of aromatic nitrogens is 3. The van der Waals surface area contributed by atoms with E-state index < -0.39 is 0 Å². The van der Waals surface area contributed by atoms with Crippen LogP contribution in [0.3, 0.4) is 0 Å². The second kappa shape index (κ2) is 5.26. The lowest BCUT2D eigenvalue weighted by molar-refractivity contribution is 0.403. The number of nitrogens with zero attached hydrogens (tertiary/aromatic N) is 3. The molecule has 1 aromatic carbocycles. The monoisotopic (exact) mass is 285 g/mol. The molecule has 100 valence electrons. The van der Waals surface area contributed by atoms with Crippen molar-refractivity contribution in [3.8, 4) is 5.75 Å². The van der Waals surface area contributed by atoms with E-state index in [4.69, 9.17) is 4.74 Å². The minimum Gasteiger partial charge on any atom is -0.490 e. The van der Waals surface area contributed by atoms with Crippen molar-refractivity contribution in [2.45, 2.75) is 0 Å². The fourth-order valence-electron chi connectivity index (χ4n) is 1.83. The second-order valence-corrected chi connectivity index (χ2v) is 4.82. The zero-order chi connectivity index (χ0) is 13.9. The lowest BCUT2D eigenvalue weighted by Gasteiger charge is -2.03. The summed E-state index contributed by atoms with van der Waals surface area (Å²) in [6.45, 7) is 0. The molecule has 0 aliphatic heterocycles. The fourth-order valence-corrected chi connectivity index (χ4v) is 2.45. The summed E-state index contributed by atoms with van der Waals surface area (Å²) in [6, 6.07) is 9.80. The van der Waals surface area contributed by atoms with Gasteiger partial charge in [-0.05, 0) is 11.6 Å². The average Bonchev–Trinajstić information content (AvgIpc) is 2.95. The largest absolute Gasteiger partial charge is 0.490 e. The molecule has 0 fully saturated rings. The van der Waals surface area contributed by atoms with Crippen LogP contribution in [-0.4, -0.2) is 21.7 Å². The number of rotatable bonds is 3. The minimum atomic E-state index is -0.300. The maximum absolute atomic E-state index is 12.2. The number of methoxy groups -OCH3 is 1. The third-order valence-corrected chi connectivity index (χ3v) is 3.45. The van der Waals surface area contributed by atoms with E-state index in [-0.39, 0.29) is 11.3 Å². The molecule has 0 aliphatic rings. The molecule has 0 N–H and O–H groups in total. The van der Waals surface area contributed by atoms with E-state index in [0.717, 1.165) is 5.56 Å². The molecule has 0 amide bonds. The van der Waals surface area contributed by atoms with Crippen molar-refractivity contribution in [3.05, 3.63) is 57.5 Å². The lowest BCUT2D eigenvalue weighted by atomic mass is 10.2. The van der Waals surface area contributed by atoms with Crippen molar-refractivity contribution in [2.75, 3.05) is 7.11 Å². The van der Waals surface area contributed by atoms with Crippen LogP contribution in [0.5, 0.6) is 5.75 Å². The first-order chi connectivity index (χ1) is 9.79. The van der Waals surface area contributed by atoms with Gasteiger partial charge in [-0.15, -0.1) is 0 Å². The van der Waals surface area contributed by atoms with Crippen LogP contribution >= 0.6 is 11.3 Å². The summed E-state index contributed by atoms with van der Waals surface area (Å²) in [7, 11) is 1.46. The Hall–Kier alpha value is -2.47. The van der Waals surface area contributed by atoms with Gasteiger partial charge in [-0.1, -0.05) is 47.7 Å². The van der Waals surface area contributed by atoms with Crippen molar-refractivity contribution in [1.82, 2.24) is 14.6 Å². The van der Waals surface area contributed by atoms with Gasteiger partial charge in [0.15, 0.2) is 0 Å². The fraction of sp³-hybridized carbons (Fsp3) is 0.0714. The molecule has 0 spiro atoms. The SMILES string of the molecule is COc1c(/C=C/c2ccccc2)nc2scnn2c1=O. The number of fused-ring (bicyclic) bond motifs is 1. The molecule has 0 saturated heterocycles. The smallest absolute Gasteiger partial charge is 0.318 e. The molecule has 0 atom stereocenters. The average molecular weight is 285 g/mol. The van der Waals surface area contributed by atoms with Gasteiger partial charge in [0.2, 0.25) is 10.7 Å². The topological polar surface area (TPSA) is 56.5 Å². The Morgan fingerprint density at radius 1 is 1.25 bits per heavy atom. The van der Waals surface area contributed by atoms with Crippen LogP contribution in [0.2, 0.25) is 0 Å². The first-order valence-corrected chi connectivity index (χ1v) is 6.81. The Kier molecular flexibility index (Phi) is 3.30. The number of benzene rings is 1. The lowest BCUT2D eigenvalue weighted by Crippen LogP contribution is -2.18. The summed E-state index contributed by atoms with van der Waals surface area (Å²) in [5.74, 6) is 0.195. The molecule has 0 bridgehead atoms. The van der Waals surface area contributed by atoms with E-state index in [2.05, 4.69) is 10.1 Å². The van der Waals surface area contributed by atoms with E-state index >= 15 is 0 Å². The zero-order valence-corrected chi connectivity index (χ0v) is 11.5. The van der Waals surface area contributed by atoms with Crippen molar-refractivity contribution in [2.24, 2.45) is 0 Å². The molecule has 0 saturated carbocycles. The first-order valence-electron chi connectivity index (χ1n) is 5.93. The summed E-state index contributed by atoms with van der Waals surface area (Å²) < 4.78 is 6.40. The molecule has 3 aromatic rings. The van der Waals surface area contributed by atoms with Gasteiger partial charge in [0.05, 0.1) is 7.11 Å². The third kappa shape index (κ3) is 2.21. The number of ether oxygens (including phenoxy) is 1. The highest BCUT2D eigenvalue weighted by molar-refractivity contribution is 7.14. The van der Waals surface area contributed by atoms with Crippen LogP contribution in [0.1, 0.15) is 11.3 Å². The molecule has 20 heavy (non-hydrogen) atoms. The quantitative estimate of drug-likeness (QED) is 0.741. The molecule has 2 aromatic heterocycles. The Morgan fingerprint density at radius 3 is 2.80 bits per heavy atom. The molecule has 0 aliphatic carbocycles. The van der Waals surface area contributed by atoms with Crippen LogP contribution in [0.15, 0.2) is 40.6 Å². The Morgan fingerprint density at radius 2 is 2.05 bits per heavy atom. The van der Waals surface area contributed by atoms with E-state index in [1.807, 2.05) is 36.4 Å².